The number of thioether (sulfide) groups is 1. The number of H-pyrrole nitrogens is 1. The fraction of sp³-hybridized carbons (Fsp3) is 0.200. The molecular weight excluding hydrogens is 381 g/mol. The highest BCUT2D eigenvalue weighted by atomic mass is 32.2. The Labute approximate surface area is 165 Å². The lowest BCUT2D eigenvalue weighted by Crippen LogP contribution is -2.41. The van der Waals surface area contributed by atoms with Crippen LogP contribution in [-0.2, 0) is 4.79 Å². The Kier molecular flexibility index (Phi) is 5.48. The third-order valence-corrected chi connectivity index (χ3v) is 5.03. The van der Waals surface area contributed by atoms with Gasteiger partial charge in [-0.25, -0.2) is 9.37 Å². The van der Waals surface area contributed by atoms with Gasteiger partial charge in [0.2, 0.25) is 5.91 Å². The summed E-state index contributed by atoms with van der Waals surface area (Å²) >= 11 is 1.30. The van der Waals surface area contributed by atoms with Crippen molar-refractivity contribution in [3.05, 3.63) is 60.5 Å². The number of halogens is 1. The van der Waals surface area contributed by atoms with Gasteiger partial charge < -0.3 is 19.8 Å². The maximum absolute atomic E-state index is 13.0. The van der Waals surface area contributed by atoms with E-state index in [1.54, 1.807) is 18.3 Å². The van der Waals surface area contributed by atoms with Gasteiger partial charge in [-0.3, -0.25) is 4.79 Å². The molecule has 2 heterocycles. The van der Waals surface area contributed by atoms with Crippen LogP contribution >= 0.6 is 11.8 Å². The average Bonchev–Trinajstić information content (AvgIpc) is 3.20. The van der Waals surface area contributed by atoms with Gasteiger partial charge in [0.05, 0.1) is 24.2 Å². The average molecular weight is 399 g/mol. The van der Waals surface area contributed by atoms with Crippen molar-refractivity contribution in [2.24, 2.45) is 0 Å². The third kappa shape index (κ3) is 4.45. The number of fused-ring (bicyclic) bond motifs is 1. The molecule has 0 saturated carbocycles. The summed E-state index contributed by atoms with van der Waals surface area (Å²) in [6.07, 6.45) is 1.44. The third-order valence-electron chi connectivity index (χ3n) is 4.14. The second-order valence-electron chi connectivity index (χ2n) is 6.20. The monoisotopic (exact) mass is 399 g/mol. The number of carbonyl (C=O) groups excluding carboxylic acids is 1. The van der Waals surface area contributed by atoms with E-state index in [1.807, 2.05) is 24.3 Å². The molecule has 2 N–H and O–H groups in total. The molecule has 0 spiro atoms. The van der Waals surface area contributed by atoms with Crippen LogP contribution in [0.5, 0.6) is 11.5 Å². The minimum absolute atomic E-state index is 0.118. The van der Waals surface area contributed by atoms with Crippen LogP contribution in [0.3, 0.4) is 0 Å². The van der Waals surface area contributed by atoms with Crippen molar-refractivity contribution >= 4 is 17.7 Å². The van der Waals surface area contributed by atoms with E-state index in [1.165, 1.54) is 23.9 Å². The van der Waals surface area contributed by atoms with Crippen molar-refractivity contribution in [3.63, 3.8) is 0 Å². The van der Waals surface area contributed by atoms with Gasteiger partial charge in [0.25, 0.3) is 0 Å². The fourth-order valence-corrected chi connectivity index (χ4v) is 3.41. The summed E-state index contributed by atoms with van der Waals surface area (Å²) in [5.74, 6) is 1.22. The van der Waals surface area contributed by atoms with Gasteiger partial charge in [0.1, 0.15) is 18.5 Å². The van der Waals surface area contributed by atoms with Crippen LogP contribution < -0.4 is 14.8 Å². The summed E-state index contributed by atoms with van der Waals surface area (Å²) in [5.41, 5.74) is 1.61. The number of amides is 1. The normalized spacial score (nSPS) is 15.2. The largest absolute Gasteiger partial charge is 0.486 e. The summed E-state index contributed by atoms with van der Waals surface area (Å²) < 4.78 is 24.5. The van der Waals surface area contributed by atoms with Crippen LogP contribution in [0.4, 0.5) is 4.39 Å². The minimum atomic E-state index is -0.287. The number of aromatic nitrogens is 2. The predicted octanol–water partition coefficient (Wildman–Crippen LogP) is 3.26. The van der Waals surface area contributed by atoms with Crippen molar-refractivity contribution in [3.8, 4) is 22.8 Å². The molecule has 0 radical (unpaired) electrons. The summed E-state index contributed by atoms with van der Waals surface area (Å²) in [6.45, 7) is 0.760. The Morgan fingerprint density at radius 2 is 2.00 bits per heavy atom. The van der Waals surface area contributed by atoms with E-state index >= 15 is 0 Å². The molecule has 0 bridgehead atoms. The van der Waals surface area contributed by atoms with E-state index in [0.717, 1.165) is 17.0 Å². The van der Waals surface area contributed by atoms with Gasteiger partial charge in [-0.2, -0.15) is 0 Å². The molecule has 3 aromatic rings. The minimum Gasteiger partial charge on any atom is -0.486 e. The van der Waals surface area contributed by atoms with Crippen LogP contribution in [0.2, 0.25) is 0 Å². The lowest BCUT2D eigenvalue weighted by Gasteiger charge is -2.26. The van der Waals surface area contributed by atoms with Crippen LogP contribution in [-0.4, -0.2) is 40.9 Å². The van der Waals surface area contributed by atoms with Crippen molar-refractivity contribution in [1.82, 2.24) is 15.3 Å². The number of ether oxygens (including phenoxy) is 2. The summed E-state index contributed by atoms with van der Waals surface area (Å²) in [6, 6.07) is 13.6. The molecule has 4 rings (SSSR count). The van der Waals surface area contributed by atoms with Crippen LogP contribution in [0, 0.1) is 5.82 Å². The van der Waals surface area contributed by atoms with E-state index in [4.69, 9.17) is 9.47 Å². The number of hydrogen-bond acceptors (Lipinski definition) is 5. The second-order valence-corrected chi connectivity index (χ2v) is 7.16. The molecular formula is C20H18FN3O3S. The predicted molar refractivity (Wildman–Crippen MR) is 104 cm³/mol. The van der Waals surface area contributed by atoms with E-state index in [0.29, 0.717) is 24.1 Å². The first-order valence-electron chi connectivity index (χ1n) is 8.76. The van der Waals surface area contributed by atoms with Gasteiger partial charge in [0.15, 0.2) is 16.7 Å². The van der Waals surface area contributed by atoms with E-state index < -0.39 is 0 Å². The summed E-state index contributed by atoms with van der Waals surface area (Å²) in [4.78, 5) is 19.5. The molecule has 0 fully saturated rings. The number of rotatable bonds is 6. The molecule has 144 valence electrons. The number of aromatic amines is 1. The highest BCUT2D eigenvalue weighted by Gasteiger charge is 2.21. The number of nitrogens with one attached hydrogen (secondary N) is 2. The maximum Gasteiger partial charge on any atom is 0.230 e. The summed E-state index contributed by atoms with van der Waals surface area (Å²) in [5, 5.41) is 3.48. The zero-order valence-corrected chi connectivity index (χ0v) is 15.7. The lowest BCUT2D eigenvalue weighted by atomic mass is 10.2. The van der Waals surface area contributed by atoms with E-state index in [-0.39, 0.29) is 23.6 Å². The second kappa shape index (κ2) is 8.35. The molecule has 0 aliphatic carbocycles. The van der Waals surface area contributed by atoms with Gasteiger partial charge >= 0.3 is 0 Å². The molecule has 1 aliphatic heterocycles. The van der Waals surface area contributed by atoms with Crippen molar-refractivity contribution < 1.29 is 18.7 Å². The Balaban J connectivity index is 1.24. The molecule has 0 unspecified atom stereocenters. The molecule has 6 nitrogen and oxygen atoms in total. The van der Waals surface area contributed by atoms with Crippen LogP contribution in [0.1, 0.15) is 0 Å². The van der Waals surface area contributed by atoms with Gasteiger partial charge in [-0.05, 0) is 42.0 Å². The molecule has 28 heavy (non-hydrogen) atoms. The smallest absolute Gasteiger partial charge is 0.230 e. The number of carbonyl (C=O) groups is 1. The zero-order valence-electron chi connectivity index (χ0n) is 14.9. The van der Waals surface area contributed by atoms with E-state index in [2.05, 4.69) is 15.3 Å². The van der Waals surface area contributed by atoms with Gasteiger partial charge in [-0.1, -0.05) is 23.9 Å². The molecule has 8 heteroatoms. The Hall–Kier alpha value is -3.00. The first kappa shape index (κ1) is 18.4. The van der Waals surface area contributed by atoms with Gasteiger partial charge in [0, 0.05) is 0 Å². The van der Waals surface area contributed by atoms with Crippen molar-refractivity contribution in [1.29, 1.82) is 0 Å². The molecule has 1 aromatic heterocycles. The van der Waals surface area contributed by atoms with Crippen molar-refractivity contribution in [2.75, 3.05) is 18.9 Å². The Bertz CT molecular complexity index is 961. The number of benzene rings is 2. The number of imidazole rings is 1. The van der Waals surface area contributed by atoms with Crippen molar-refractivity contribution in [2.45, 2.75) is 11.3 Å². The summed E-state index contributed by atoms with van der Waals surface area (Å²) in [7, 11) is 0. The van der Waals surface area contributed by atoms with Crippen LogP contribution in [0.25, 0.3) is 11.3 Å². The van der Waals surface area contributed by atoms with Gasteiger partial charge in [-0.15, -0.1) is 0 Å². The first-order chi connectivity index (χ1) is 13.7. The number of para-hydroxylation sites is 2. The lowest BCUT2D eigenvalue weighted by molar-refractivity contribution is -0.119. The highest BCUT2D eigenvalue weighted by Crippen LogP contribution is 2.30. The molecule has 2 aromatic carbocycles. The SMILES string of the molecule is O=C(CSc1ncc(-c2ccc(F)cc2)[nH]1)NC[C@@H]1COc2ccccc2O1. The molecule has 1 amide bonds. The molecule has 0 saturated heterocycles. The highest BCUT2D eigenvalue weighted by molar-refractivity contribution is 7.99. The first-order valence-corrected chi connectivity index (χ1v) is 9.75. The zero-order chi connectivity index (χ0) is 19.3. The topological polar surface area (TPSA) is 76.2 Å². The maximum atomic E-state index is 13.0. The van der Waals surface area contributed by atoms with E-state index in [9.17, 15) is 9.18 Å². The quantitative estimate of drug-likeness (QED) is 0.622. The number of nitrogens with zero attached hydrogens (tertiary/aromatic N) is 1. The fourth-order valence-electron chi connectivity index (χ4n) is 2.73. The number of hydrogen-bond donors (Lipinski definition) is 2. The molecule has 1 aliphatic rings. The molecule has 1 atom stereocenters. The standard InChI is InChI=1S/C20H18FN3O3S/c21-14-7-5-13(6-8-14)16-10-23-20(24-16)28-12-19(25)22-9-15-11-26-17-3-1-2-4-18(17)27-15/h1-8,10,15H,9,11-12H2,(H,22,25)(H,23,24)/t15-/m1/s1. The Morgan fingerprint density at radius 1 is 1.21 bits per heavy atom. The Morgan fingerprint density at radius 3 is 2.82 bits per heavy atom. The van der Waals surface area contributed by atoms with Crippen LogP contribution in [0.15, 0.2) is 59.9 Å².